The number of nitrogens with one attached hydrogen (secondary N) is 2. The zero-order valence-electron chi connectivity index (χ0n) is 17.7. The number of urea groups is 1. The topological polar surface area (TPSA) is 73.8 Å². The monoisotopic (exact) mass is 412 g/mol. The minimum atomic E-state index is -1.06. The van der Waals surface area contributed by atoms with Crippen LogP contribution in [0.4, 0.5) is 16.2 Å². The zero-order valence-corrected chi connectivity index (χ0v) is 17.7. The van der Waals surface area contributed by atoms with Crippen LogP contribution in [0.3, 0.4) is 0 Å². The molecule has 4 rings (SSSR count). The summed E-state index contributed by atoms with van der Waals surface area (Å²) in [6.07, 6.45) is -1.06. The number of hydrogen-bond donors (Lipinski definition) is 2. The van der Waals surface area contributed by atoms with Crippen LogP contribution in [0.1, 0.15) is 22.3 Å². The van der Waals surface area contributed by atoms with Crippen LogP contribution in [0.25, 0.3) is 0 Å². The Bertz CT molecular complexity index is 1170. The van der Waals surface area contributed by atoms with E-state index >= 15 is 0 Å². The van der Waals surface area contributed by atoms with Gasteiger partial charge in [0.1, 0.15) is 0 Å². The highest BCUT2D eigenvalue weighted by molar-refractivity contribution is 6.20. The van der Waals surface area contributed by atoms with Gasteiger partial charge in [0, 0.05) is 23.9 Å². The van der Waals surface area contributed by atoms with E-state index in [1.165, 1.54) is 4.90 Å². The first kappa shape index (κ1) is 20.3. The number of amides is 3. The lowest BCUT2D eigenvalue weighted by atomic mass is 10.0. The molecular weight excluding hydrogens is 388 g/mol. The molecule has 1 aliphatic heterocycles. The number of carbonyl (C=O) groups is 2. The van der Waals surface area contributed by atoms with Crippen LogP contribution in [-0.4, -0.2) is 30.9 Å². The van der Waals surface area contributed by atoms with Crippen LogP contribution in [-0.2, 0) is 4.79 Å². The summed E-state index contributed by atoms with van der Waals surface area (Å²) >= 11 is 0. The van der Waals surface area contributed by atoms with Gasteiger partial charge in [-0.15, -0.1) is 0 Å². The molecule has 0 saturated heterocycles. The number of aliphatic imine (C=N–C) groups is 1. The molecule has 1 aliphatic rings. The van der Waals surface area contributed by atoms with Crippen molar-refractivity contribution < 1.29 is 9.59 Å². The summed E-state index contributed by atoms with van der Waals surface area (Å²) in [4.78, 5) is 32.1. The summed E-state index contributed by atoms with van der Waals surface area (Å²) in [5, 5.41) is 5.56. The predicted octanol–water partition coefficient (Wildman–Crippen LogP) is 4.27. The van der Waals surface area contributed by atoms with E-state index in [9.17, 15) is 9.59 Å². The number of aryl methyl sites for hydroxylation is 2. The van der Waals surface area contributed by atoms with Crippen LogP contribution in [0, 0.1) is 13.8 Å². The fourth-order valence-electron chi connectivity index (χ4n) is 3.68. The van der Waals surface area contributed by atoms with Gasteiger partial charge < -0.3 is 15.5 Å². The van der Waals surface area contributed by atoms with Gasteiger partial charge in [0.15, 0.2) is 0 Å². The second-order valence-corrected chi connectivity index (χ2v) is 7.58. The standard InChI is InChI=1S/C25H24N4O2/c1-16-13-14-20(17(2)15-16)26-25(31)28-23-24(30)29(3)21-12-8-7-11-19(21)22(27-23)18-9-5-4-6-10-18/h4-15,23H,1-3H3,(H2,26,28,31)/t23-/m1/s1. The molecule has 6 heteroatoms. The minimum absolute atomic E-state index is 0.311. The van der Waals surface area contributed by atoms with Crippen LogP contribution >= 0.6 is 0 Å². The maximum Gasteiger partial charge on any atom is 0.321 e. The summed E-state index contributed by atoms with van der Waals surface area (Å²) in [7, 11) is 1.70. The first-order valence-electron chi connectivity index (χ1n) is 10.1. The van der Waals surface area contributed by atoms with E-state index in [1.807, 2.05) is 86.6 Å². The number of nitrogens with zero attached hydrogens (tertiary/aromatic N) is 2. The summed E-state index contributed by atoms with van der Waals surface area (Å²) in [5.74, 6) is -0.311. The maximum absolute atomic E-state index is 13.2. The molecule has 1 atom stereocenters. The number of carbonyl (C=O) groups excluding carboxylic acids is 2. The molecule has 0 aliphatic carbocycles. The quantitative estimate of drug-likeness (QED) is 0.674. The zero-order chi connectivity index (χ0) is 22.0. The van der Waals surface area contributed by atoms with E-state index in [-0.39, 0.29) is 5.91 Å². The van der Waals surface area contributed by atoms with Gasteiger partial charge in [0.2, 0.25) is 6.17 Å². The summed E-state index contributed by atoms with van der Waals surface area (Å²) in [5.41, 5.74) is 5.86. The van der Waals surface area contributed by atoms with Crippen molar-refractivity contribution in [3.8, 4) is 0 Å². The van der Waals surface area contributed by atoms with E-state index in [0.29, 0.717) is 11.4 Å². The van der Waals surface area contributed by atoms with E-state index in [0.717, 1.165) is 27.9 Å². The Morgan fingerprint density at radius 3 is 2.42 bits per heavy atom. The average Bonchev–Trinajstić information content (AvgIpc) is 2.87. The highest BCUT2D eigenvalue weighted by Gasteiger charge is 2.30. The highest BCUT2D eigenvalue weighted by Crippen LogP contribution is 2.27. The SMILES string of the molecule is Cc1ccc(NC(=O)N[C@H]2N=C(c3ccccc3)c3ccccc3N(C)C2=O)c(C)c1. The Balaban J connectivity index is 1.68. The Kier molecular flexibility index (Phi) is 5.54. The molecule has 1 heterocycles. The molecule has 0 fully saturated rings. The third kappa shape index (κ3) is 4.19. The van der Waals surface area contributed by atoms with Gasteiger partial charge in [-0.1, -0.05) is 66.2 Å². The molecule has 3 aromatic carbocycles. The Hall–Kier alpha value is -3.93. The number of hydrogen-bond acceptors (Lipinski definition) is 3. The lowest BCUT2D eigenvalue weighted by Crippen LogP contribution is -2.47. The lowest BCUT2D eigenvalue weighted by Gasteiger charge is -2.21. The molecule has 6 nitrogen and oxygen atoms in total. The highest BCUT2D eigenvalue weighted by atomic mass is 16.2. The second-order valence-electron chi connectivity index (χ2n) is 7.58. The summed E-state index contributed by atoms with van der Waals surface area (Å²) < 4.78 is 0. The van der Waals surface area contributed by atoms with Crippen molar-refractivity contribution in [2.24, 2.45) is 4.99 Å². The molecule has 2 N–H and O–H groups in total. The number of benzodiazepines with no additional fused rings is 1. The summed E-state index contributed by atoms with van der Waals surface area (Å²) in [6.45, 7) is 3.92. The van der Waals surface area contributed by atoms with Crippen LogP contribution in [0.15, 0.2) is 77.8 Å². The van der Waals surface area contributed by atoms with Gasteiger partial charge in [-0.25, -0.2) is 9.79 Å². The summed E-state index contributed by atoms with van der Waals surface area (Å²) in [6, 6.07) is 22.5. The van der Waals surface area contributed by atoms with Gasteiger partial charge in [-0.2, -0.15) is 0 Å². The average molecular weight is 412 g/mol. The van der Waals surface area contributed by atoms with Crippen molar-refractivity contribution in [2.45, 2.75) is 20.0 Å². The molecule has 0 aromatic heterocycles. The smallest absolute Gasteiger partial charge is 0.311 e. The van der Waals surface area contributed by atoms with E-state index in [4.69, 9.17) is 4.99 Å². The number of anilines is 2. The Morgan fingerprint density at radius 1 is 0.968 bits per heavy atom. The third-order valence-electron chi connectivity index (χ3n) is 5.29. The van der Waals surface area contributed by atoms with Crippen LogP contribution < -0.4 is 15.5 Å². The van der Waals surface area contributed by atoms with Crippen LogP contribution in [0.2, 0.25) is 0 Å². The molecule has 156 valence electrons. The number of likely N-dealkylation sites (N-methyl/N-ethyl adjacent to an activating group) is 1. The van der Waals surface area contributed by atoms with Crippen molar-refractivity contribution >= 4 is 29.0 Å². The van der Waals surface area contributed by atoms with E-state index < -0.39 is 12.2 Å². The molecular formula is C25H24N4O2. The Labute approximate surface area is 181 Å². The molecule has 0 saturated carbocycles. The molecule has 0 bridgehead atoms. The van der Waals surface area contributed by atoms with Crippen molar-refractivity contribution in [1.82, 2.24) is 5.32 Å². The predicted molar refractivity (Wildman–Crippen MR) is 124 cm³/mol. The van der Waals surface area contributed by atoms with Crippen LogP contribution in [0.5, 0.6) is 0 Å². The normalized spacial score (nSPS) is 15.6. The maximum atomic E-state index is 13.2. The molecule has 3 aromatic rings. The van der Waals surface area contributed by atoms with E-state index in [1.54, 1.807) is 7.05 Å². The van der Waals surface area contributed by atoms with E-state index in [2.05, 4.69) is 10.6 Å². The fourth-order valence-corrected chi connectivity index (χ4v) is 3.68. The van der Waals surface area contributed by atoms with Crippen molar-refractivity contribution in [3.05, 3.63) is 95.1 Å². The first-order chi connectivity index (χ1) is 14.9. The van der Waals surface area contributed by atoms with Gasteiger partial charge >= 0.3 is 6.03 Å². The molecule has 0 radical (unpaired) electrons. The third-order valence-corrected chi connectivity index (χ3v) is 5.29. The largest absolute Gasteiger partial charge is 0.321 e. The van der Waals surface area contributed by atoms with Gasteiger partial charge in [-0.3, -0.25) is 4.79 Å². The van der Waals surface area contributed by atoms with Gasteiger partial charge in [0.25, 0.3) is 5.91 Å². The van der Waals surface area contributed by atoms with Crippen molar-refractivity contribution in [1.29, 1.82) is 0 Å². The minimum Gasteiger partial charge on any atom is -0.311 e. The second kappa shape index (κ2) is 8.44. The van der Waals surface area contributed by atoms with Crippen molar-refractivity contribution in [3.63, 3.8) is 0 Å². The number of rotatable bonds is 3. The molecule has 0 unspecified atom stereocenters. The lowest BCUT2D eigenvalue weighted by molar-refractivity contribution is -0.119. The molecule has 3 amide bonds. The number of benzene rings is 3. The van der Waals surface area contributed by atoms with Crippen molar-refractivity contribution in [2.75, 3.05) is 17.3 Å². The first-order valence-corrected chi connectivity index (χ1v) is 10.1. The van der Waals surface area contributed by atoms with Gasteiger partial charge in [0.05, 0.1) is 11.4 Å². The Morgan fingerprint density at radius 2 is 1.68 bits per heavy atom. The van der Waals surface area contributed by atoms with Gasteiger partial charge in [-0.05, 0) is 31.5 Å². The fraction of sp³-hybridized carbons (Fsp3) is 0.160. The number of fused-ring (bicyclic) bond motifs is 1. The molecule has 0 spiro atoms. The number of para-hydroxylation sites is 1. The molecule has 31 heavy (non-hydrogen) atoms.